The quantitative estimate of drug-likeness (QED) is 0.219. The summed E-state index contributed by atoms with van der Waals surface area (Å²) in [5, 5.41) is 17.2. The van der Waals surface area contributed by atoms with Gasteiger partial charge in [-0.1, -0.05) is 117 Å². The van der Waals surface area contributed by atoms with Gasteiger partial charge in [0, 0.05) is 10.5 Å². The zero-order chi connectivity index (χ0) is 26.8. The molecule has 2 heterocycles. The summed E-state index contributed by atoms with van der Waals surface area (Å²) in [4.78, 5) is 3.05. The van der Waals surface area contributed by atoms with Gasteiger partial charge in [0.2, 0.25) is 0 Å². The fraction of sp³-hybridized carbons (Fsp3) is 0.379. The first-order valence-corrected chi connectivity index (χ1v) is 14.7. The van der Waals surface area contributed by atoms with Crippen LogP contribution in [-0.4, -0.2) is 50.7 Å². The molecule has 38 heavy (non-hydrogen) atoms. The molecule has 2 aliphatic heterocycles. The van der Waals surface area contributed by atoms with Gasteiger partial charge in [0.1, 0.15) is 18.2 Å². The third-order valence-corrected chi connectivity index (χ3v) is 12.3. The maximum Gasteiger partial charge on any atom is 0.264 e. The summed E-state index contributed by atoms with van der Waals surface area (Å²) in [6.07, 6.45) is -4.16. The first-order chi connectivity index (χ1) is 18.3. The van der Waals surface area contributed by atoms with Crippen molar-refractivity contribution in [3.8, 4) is 0 Å². The molecule has 9 heteroatoms. The molecule has 3 unspecified atom stereocenters. The molecule has 0 aliphatic carbocycles. The van der Waals surface area contributed by atoms with Crippen LogP contribution in [0.25, 0.3) is 10.4 Å². The smallest absolute Gasteiger partial charge is 0.264 e. The van der Waals surface area contributed by atoms with E-state index in [9.17, 15) is 10.6 Å². The zero-order valence-electron chi connectivity index (χ0n) is 21.8. The van der Waals surface area contributed by atoms with E-state index >= 15 is 0 Å². The number of nitrogens with zero attached hydrogens (tertiary/aromatic N) is 3. The molecular weight excluding hydrogens is 498 g/mol. The number of aliphatic hydroxyl groups is 1. The maximum atomic E-state index is 11.5. The molecule has 5 rings (SSSR count). The summed E-state index contributed by atoms with van der Waals surface area (Å²) in [6.45, 7) is 6.66. The Morgan fingerprint density at radius 2 is 1.45 bits per heavy atom. The Morgan fingerprint density at radius 1 is 0.895 bits per heavy atom. The lowest BCUT2D eigenvalue weighted by atomic mass is 9.96. The highest BCUT2D eigenvalue weighted by atomic mass is 28.4. The van der Waals surface area contributed by atoms with Gasteiger partial charge in [0.25, 0.3) is 8.32 Å². The minimum absolute atomic E-state index is 0.199. The van der Waals surface area contributed by atoms with Gasteiger partial charge < -0.3 is 23.7 Å². The van der Waals surface area contributed by atoms with Crippen molar-refractivity contribution in [1.29, 1.82) is 0 Å². The zero-order valence-corrected chi connectivity index (χ0v) is 22.8. The molecule has 198 valence electrons. The number of hydrogen-bond acceptors (Lipinski definition) is 6. The van der Waals surface area contributed by atoms with Gasteiger partial charge >= 0.3 is 0 Å². The Morgan fingerprint density at radius 3 is 1.97 bits per heavy atom. The van der Waals surface area contributed by atoms with E-state index in [2.05, 4.69) is 55.1 Å². The minimum atomic E-state index is -3.06. The van der Waals surface area contributed by atoms with Crippen molar-refractivity contribution in [2.45, 2.75) is 62.7 Å². The van der Waals surface area contributed by atoms with Crippen LogP contribution in [0.15, 0.2) is 96.1 Å². The van der Waals surface area contributed by atoms with Gasteiger partial charge in [-0.05, 0) is 20.9 Å². The van der Waals surface area contributed by atoms with Crippen molar-refractivity contribution in [2.75, 3.05) is 6.61 Å². The van der Waals surface area contributed by atoms with Gasteiger partial charge in [0.05, 0.1) is 12.7 Å². The predicted molar refractivity (Wildman–Crippen MR) is 146 cm³/mol. The number of ether oxygens (including phenoxy) is 3. The first kappa shape index (κ1) is 26.6. The van der Waals surface area contributed by atoms with E-state index in [1.165, 1.54) is 0 Å². The van der Waals surface area contributed by atoms with Crippen molar-refractivity contribution >= 4 is 18.7 Å². The van der Waals surface area contributed by atoms with E-state index in [1.807, 2.05) is 66.7 Å². The predicted octanol–water partition coefficient (Wildman–Crippen LogP) is 4.44. The van der Waals surface area contributed by atoms with Crippen LogP contribution in [0.2, 0.25) is 5.04 Å². The maximum absolute atomic E-state index is 11.5. The monoisotopic (exact) mass is 531 g/mol. The summed E-state index contributed by atoms with van der Waals surface area (Å²) in [5.41, 5.74) is 10.3. The standard InChI is InChI=1S/C29H33N3O5Si/c1-29(2,3)38(21-15-9-5-10-16-21,22-17-11-6-12-18-22)37-28-24(31-32-30)25(33)26-23(35-28)19-34-27(36-26)20-13-7-4-8-14-20/h4-18,23-28,33H,19H2,1-3H3/t23?,24?,25-,26-,27?,28-/m0/s1. The number of aliphatic hydroxyl groups excluding tert-OH is 1. The summed E-state index contributed by atoms with van der Waals surface area (Å²) >= 11 is 0. The van der Waals surface area contributed by atoms with Crippen molar-refractivity contribution in [1.82, 2.24) is 0 Å². The van der Waals surface area contributed by atoms with Crippen LogP contribution in [0.4, 0.5) is 0 Å². The van der Waals surface area contributed by atoms with Crippen LogP contribution in [-0.2, 0) is 18.6 Å². The first-order valence-electron chi connectivity index (χ1n) is 12.8. The molecule has 3 aromatic carbocycles. The third kappa shape index (κ3) is 4.90. The van der Waals surface area contributed by atoms with Crippen molar-refractivity contribution in [3.05, 3.63) is 107 Å². The van der Waals surface area contributed by atoms with Crippen LogP contribution < -0.4 is 10.4 Å². The van der Waals surface area contributed by atoms with Gasteiger partial charge in [-0.2, -0.15) is 0 Å². The van der Waals surface area contributed by atoms with E-state index in [1.54, 1.807) is 0 Å². The fourth-order valence-corrected chi connectivity index (χ4v) is 10.1. The molecule has 8 nitrogen and oxygen atoms in total. The fourth-order valence-electron chi connectivity index (χ4n) is 5.50. The molecule has 0 spiro atoms. The molecule has 2 fully saturated rings. The van der Waals surface area contributed by atoms with E-state index in [0.29, 0.717) is 0 Å². The number of rotatable bonds is 6. The van der Waals surface area contributed by atoms with Gasteiger partial charge in [-0.25, -0.2) is 0 Å². The summed E-state index contributed by atoms with van der Waals surface area (Å²) in [6, 6.07) is 28.8. The Hall–Kier alpha value is -3.01. The lowest BCUT2D eigenvalue weighted by Crippen LogP contribution is -2.71. The second-order valence-electron chi connectivity index (χ2n) is 10.7. The second-order valence-corrected chi connectivity index (χ2v) is 14.9. The average Bonchev–Trinajstić information content (AvgIpc) is 2.94. The van der Waals surface area contributed by atoms with Crippen molar-refractivity contribution in [2.24, 2.45) is 5.11 Å². The molecule has 0 amide bonds. The van der Waals surface area contributed by atoms with Crippen LogP contribution in [0.5, 0.6) is 0 Å². The van der Waals surface area contributed by atoms with E-state index in [4.69, 9.17) is 18.6 Å². The molecular formula is C29H33N3O5Si. The molecule has 0 bridgehead atoms. The molecule has 6 atom stereocenters. The number of benzene rings is 3. The van der Waals surface area contributed by atoms with Gasteiger partial charge in [-0.15, -0.1) is 0 Å². The van der Waals surface area contributed by atoms with Gasteiger partial charge in [0.15, 0.2) is 12.6 Å². The van der Waals surface area contributed by atoms with E-state index < -0.39 is 45.3 Å². The largest absolute Gasteiger partial charge is 0.390 e. The number of fused-ring (bicyclic) bond motifs is 1. The molecule has 0 aromatic heterocycles. The van der Waals surface area contributed by atoms with Crippen LogP contribution in [0.1, 0.15) is 32.6 Å². The van der Waals surface area contributed by atoms with E-state index in [-0.39, 0.29) is 11.6 Å². The van der Waals surface area contributed by atoms with Crippen LogP contribution >= 0.6 is 0 Å². The average molecular weight is 532 g/mol. The molecule has 3 aromatic rings. The highest BCUT2D eigenvalue weighted by Crippen LogP contribution is 2.41. The lowest BCUT2D eigenvalue weighted by molar-refractivity contribution is -0.332. The topological polar surface area (TPSA) is 106 Å². The molecule has 2 aliphatic rings. The van der Waals surface area contributed by atoms with E-state index in [0.717, 1.165) is 15.9 Å². The van der Waals surface area contributed by atoms with Gasteiger partial charge in [-0.3, -0.25) is 0 Å². The third-order valence-electron chi connectivity index (χ3n) is 7.30. The Bertz CT molecular complexity index is 1210. The Labute approximate surface area is 223 Å². The minimum Gasteiger partial charge on any atom is -0.390 e. The molecule has 1 N–H and O–H groups in total. The van der Waals surface area contributed by atoms with Crippen LogP contribution in [0, 0.1) is 0 Å². The molecule has 0 saturated carbocycles. The number of hydrogen-bond donors (Lipinski definition) is 1. The lowest BCUT2D eigenvalue weighted by Gasteiger charge is -2.51. The number of azide groups is 1. The Balaban J connectivity index is 1.53. The molecule has 2 saturated heterocycles. The second kappa shape index (κ2) is 11.0. The van der Waals surface area contributed by atoms with Crippen molar-refractivity contribution < 1.29 is 23.7 Å². The van der Waals surface area contributed by atoms with Crippen LogP contribution in [0.3, 0.4) is 0 Å². The SMILES string of the molecule is CC(C)(C)[Si](O[C@@H]1OC2COC(c3ccccc3)O[C@@H]2[C@@H](O)C1N=[N+]=[N-])(c1ccccc1)c1ccccc1. The summed E-state index contributed by atoms with van der Waals surface area (Å²) in [5.74, 6) is 0. The summed E-state index contributed by atoms with van der Waals surface area (Å²) < 4.78 is 25.7. The normalized spacial score (nSPS) is 27.7. The highest BCUT2D eigenvalue weighted by Gasteiger charge is 2.56. The Kier molecular flexibility index (Phi) is 7.70. The summed E-state index contributed by atoms with van der Waals surface area (Å²) in [7, 11) is -3.06. The van der Waals surface area contributed by atoms with Crippen molar-refractivity contribution in [3.63, 3.8) is 0 Å². The highest BCUT2D eigenvalue weighted by molar-refractivity contribution is 6.99. The molecule has 0 radical (unpaired) electrons.